The van der Waals surface area contributed by atoms with Crippen LogP contribution in [0, 0.1) is 0 Å². The zero-order valence-electron chi connectivity index (χ0n) is 14.3. The van der Waals surface area contributed by atoms with Crippen molar-refractivity contribution >= 4 is 40.8 Å². The lowest BCUT2D eigenvalue weighted by Crippen LogP contribution is -2.35. The van der Waals surface area contributed by atoms with Crippen LogP contribution in [0.4, 0.5) is 24.5 Å². The van der Waals surface area contributed by atoms with E-state index in [1.54, 1.807) is 0 Å². The lowest BCUT2D eigenvalue weighted by atomic mass is 10.1. The molecular weight excluding hydrogens is 417 g/mol. The third kappa shape index (κ3) is 3.97. The van der Waals surface area contributed by atoms with Gasteiger partial charge >= 0.3 is 12.1 Å². The SMILES string of the molecule is O=C(O)c1cc(N2C(=O)CC(Nc3cc(C(F)(F)F)ccc3Cl)C2=O)ccc1O. The summed E-state index contributed by atoms with van der Waals surface area (Å²) in [5.41, 5.74) is -1.76. The molecule has 1 aliphatic rings. The summed E-state index contributed by atoms with van der Waals surface area (Å²) in [5.74, 6) is -3.51. The molecule has 1 saturated heterocycles. The van der Waals surface area contributed by atoms with Gasteiger partial charge in [-0.05, 0) is 36.4 Å². The van der Waals surface area contributed by atoms with Crippen molar-refractivity contribution in [1.82, 2.24) is 0 Å². The summed E-state index contributed by atoms with van der Waals surface area (Å²) in [5, 5.41) is 21.1. The Bertz CT molecular complexity index is 1030. The first-order valence-electron chi connectivity index (χ1n) is 8.05. The molecule has 3 rings (SSSR count). The topological polar surface area (TPSA) is 107 Å². The van der Waals surface area contributed by atoms with Gasteiger partial charge in [-0.15, -0.1) is 0 Å². The maximum atomic E-state index is 12.9. The molecule has 1 atom stereocenters. The number of carbonyl (C=O) groups is 3. The summed E-state index contributed by atoms with van der Waals surface area (Å²) < 4.78 is 38.7. The number of anilines is 2. The number of hydrogen-bond donors (Lipinski definition) is 3. The number of hydrogen-bond acceptors (Lipinski definition) is 5. The standard InChI is InChI=1S/C18H12ClF3N2O5/c19-11-3-1-8(18(20,21)22)5-12(11)23-13-7-15(26)24(16(13)27)9-2-4-14(25)10(6-9)17(28)29/h1-6,13,23,25H,7H2,(H,28,29). The normalized spacial score (nSPS) is 17.0. The highest BCUT2D eigenvalue weighted by atomic mass is 35.5. The number of carboxylic acid groups (broad SMARTS) is 1. The largest absolute Gasteiger partial charge is 0.507 e. The van der Waals surface area contributed by atoms with Gasteiger partial charge in [0, 0.05) is 0 Å². The molecule has 1 fully saturated rings. The Morgan fingerprint density at radius 1 is 1.17 bits per heavy atom. The van der Waals surface area contributed by atoms with Gasteiger partial charge in [-0.3, -0.25) is 9.59 Å². The number of carbonyl (C=O) groups excluding carboxylic acids is 2. The zero-order chi connectivity index (χ0) is 21.5. The van der Waals surface area contributed by atoms with Crippen molar-refractivity contribution in [2.24, 2.45) is 0 Å². The van der Waals surface area contributed by atoms with Crippen LogP contribution in [-0.2, 0) is 15.8 Å². The van der Waals surface area contributed by atoms with Crippen molar-refractivity contribution in [2.75, 3.05) is 10.2 Å². The third-order valence-corrected chi connectivity index (χ3v) is 4.57. The van der Waals surface area contributed by atoms with Crippen LogP contribution in [0.1, 0.15) is 22.3 Å². The van der Waals surface area contributed by atoms with Gasteiger partial charge in [0.05, 0.1) is 28.4 Å². The lowest BCUT2D eigenvalue weighted by molar-refractivity contribution is -0.137. The number of nitrogens with zero attached hydrogens (tertiary/aromatic N) is 1. The second-order valence-electron chi connectivity index (χ2n) is 6.17. The molecule has 2 amide bonds. The number of halogens is 4. The van der Waals surface area contributed by atoms with E-state index in [-0.39, 0.29) is 22.8 Å². The first kappa shape index (κ1) is 20.5. The maximum absolute atomic E-state index is 12.9. The molecule has 0 spiro atoms. The summed E-state index contributed by atoms with van der Waals surface area (Å²) in [6.07, 6.45) is -5.00. The Morgan fingerprint density at radius 3 is 2.48 bits per heavy atom. The Labute approximate surface area is 166 Å². The summed E-state index contributed by atoms with van der Waals surface area (Å²) in [6, 6.07) is 4.47. The molecule has 0 bridgehead atoms. The number of aromatic hydroxyl groups is 1. The molecule has 7 nitrogen and oxygen atoms in total. The number of alkyl halides is 3. The van der Waals surface area contributed by atoms with Gasteiger partial charge in [0.2, 0.25) is 5.91 Å². The first-order chi connectivity index (χ1) is 13.5. The van der Waals surface area contributed by atoms with Crippen molar-refractivity contribution in [3.05, 3.63) is 52.5 Å². The minimum absolute atomic E-state index is 0.0745. The Morgan fingerprint density at radius 2 is 1.86 bits per heavy atom. The fourth-order valence-electron chi connectivity index (χ4n) is 2.85. The van der Waals surface area contributed by atoms with E-state index in [2.05, 4.69) is 5.32 Å². The van der Waals surface area contributed by atoms with Crippen LogP contribution in [0.2, 0.25) is 5.02 Å². The average molecular weight is 429 g/mol. The highest BCUT2D eigenvalue weighted by Gasteiger charge is 2.40. The maximum Gasteiger partial charge on any atom is 0.416 e. The number of aromatic carboxylic acids is 1. The molecule has 0 radical (unpaired) electrons. The molecule has 0 saturated carbocycles. The van der Waals surface area contributed by atoms with Crippen molar-refractivity contribution in [2.45, 2.75) is 18.6 Å². The van der Waals surface area contributed by atoms with Gasteiger partial charge in [0.25, 0.3) is 5.91 Å². The Balaban J connectivity index is 1.89. The van der Waals surface area contributed by atoms with Gasteiger partial charge in [-0.2, -0.15) is 13.2 Å². The molecule has 1 heterocycles. The number of rotatable bonds is 4. The van der Waals surface area contributed by atoms with Crippen molar-refractivity contribution in [3.63, 3.8) is 0 Å². The van der Waals surface area contributed by atoms with Crippen LogP contribution in [0.5, 0.6) is 5.75 Å². The van der Waals surface area contributed by atoms with E-state index in [0.717, 1.165) is 30.3 Å². The number of benzene rings is 2. The van der Waals surface area contributed by atoms with Crippen molar-refractivity contribution < 1.29 is 37.8 Å². The molecule has 0 aromatic heterocycles. The smallest absolute Gasteiger partial charge is 0.416 e. The lowest BCUT2D eigenvalue weighted by Gasteiger charge is -2.18. The van der Waals surface area contributed by atoms with Gasteiger partial charge in [0.15, 0.2) is 0 Å². The van der Waals surface area contributed by atoms with E-state index in [1.165, 1.54) is 6.07 Å². The third-order valence-electron chi connectivity index (χ3n) is 4.24. The van der Waals surface area contributed by atoms with Crippen LogP contribution >= 0.6 is 11.6 Å². The Hall–Kier alpha value is -3.27. The van der Waals surface area contributed by atoms with Crippen LogP contribution in [0.15, 0.2) is 36.4 Å². The van der Waals surface area contributed by atoms with Gasteiger partial charge < -0.3 is 15.5 Å². The number of phenols is 1. The molecular formula is C18H12ClF3N2O5. The predicted molar refractivity (Wildman–Crippen MR) is 96.0 cm³/mol. The number of imide groups is 1. The quantitative estimate of drug-likeness (QED) is 0.643. The van der Waals surface area contributed by atoms with E-state index in [4.69, 9.17) is 16.7 Å². The van der Waals surface area contributed by atoms with E-state index < -0.39 is 46.9 Å². The molecule has 1 aliphatic heterocycles. The van der Waals surface area contributed by atoms with E-state index >= 15 is 0 Å². The van der Waals surface area contributed by atoms with E-state index in [9.17, 15) is 32.7 Å². The van der Waals surface area contributed by atoms with Gasteiger partial charge in [-0.25, -0.2) is 9.69 Å². The minimum atomic E-state index is -4.62. The van der Waals surface area contributed by atoms with Crippen LogP contribution in [0.3, 0.4) is 0 Å². The molecule has 29 heavy (non-hydrogen) atoms. The van der Waals surface area contributed by atoms with Crippen LogP contribution in [-0.4, -0.2) is 34.0 Å². The monoisotopic (exact) mass is 428 g/mol. The molecule has 3 N–H and O–H groups in total. The fraction of sp³-hybridized carbons (Fsp3) is 0.167. The minimum Gasteiger partial charge on any atom is -0.507 e. The second-order valence-corrected chi connectivity index (χ2v) is 6.57. The molecule has 2 aromatic rings. The fourth-order valence-corrected chi connectivity index (χ4v) is 3.02. The van der Waals surface area contributed by atoms with Crippen molar-refractivity contribution in [1.29, 1.82) is 0 Å². The van der Waals surface area contributed by atoms with Crippen LogP contribution in [0.25, 0.3) is 0 Å². The highest BCUT2D eigenvalue weighted by Crippen LogP contribution is 2.35. The second kappa shape index (κ2) is 7.28. The zero-order valence-corrected chi connectivity index (χ0v) is 15.1. The summed E-state index contributed by atoms with van der Waals surface area (Å²) in [6.45, 7) is 0. The van der Waals surface area contributed by atoms with Gasteiger partial charge in [-0.1, -0.05) is 11.6 Å². The Kier molecular flexibility index (Phi) is 5.14. The highest BCUT2D eigenvalue weighted by molar-refractivity contribution is 6.33. The number of nitrogens with one attached hydrogen (secondary N) is 1. The summed E-state index contributed by atoms with van der Waals surface area (Å²) in [4.78, 5) is 36.8. The molecule has 0 aliphatic carbocycles. The van der Waals surface area contributed by atoms with E-state index in [0.29, 0.717) is 4.90 Å². The molecule has 1 unspecified atom stereocenters. The molecule has 2 aromatic carbocycles. The van der Waals surface area contributed by atoms with E-state index in [1.807, 2.05) is 0 Å². The number of amides is 2. The number of carboxylic acids is 1. The average Bonchev–Trinajstić information content (AvgIpc) is 2.90. The summed E-state index contributed by atoms with van der Waals surface area (Å²) >= 11 is 5.90. The van der Waals surface area contributed by atoms with Crippen LogP contribution < -0.4 is 10.2 Å². The van der Waals surface area contributed by atoms with Gasteiger partial charge in [0.1, 0.15) is 17.4 Å². The van der Waals surface area contributed by atoms with Crippen molar-refractivity contribution in [3.8, 4) is 5.75 Å². The predicted octanol–water partition coefficient (Wildman–Crippen LogP) is 3.51. The molecule has 152 valence electrons. The molecule has 11 heteroatoms. The first-order valence-corrected chi connectivity index (χ1v) is 8.43. The summed E-state index contributed by atoms with van der Waals surface area (Å²) in [7, 11) is 0.